The molecule has 0 saturated heterocycles. The number of aryl methyl sites for hydroxylation is 1. The molecule has 11 heteroatoms. The third kappa shape index (κ3) is 3.20. The number of rotatable bonds is 3. The number of anilines is 2. The highest BCUT2D eigenvalue weighted by Crippen LogP contribution is 2.43. The number of hydrogen-bond acceptors (Lipinski definition) is 7. The summed E-state index contributed by atoms with van der Waals surface area (Å²) in [7, 11) is 0. The minimum absolute atomic E-state index is 0.0905. The molecule has 1 amide bonds. The Balaban J connectivity index is 2.12. The number of nitrogens with one attached hydrogen (secondary N) is 1. The molecule has 1 aliphatic rings. The number of carbonyl (C=O) groups is 2. The molecule has 2 aromatic rings. The Kier molecular flexibility index (Phi) is 4.77. The standard InChI is InChI=1S/C16H18ClFN6O3/c1-5-27-15(26)24-11-9(7-23(14(17)25)16(11,3)4)12(22-24)21-13-10(18)6-19-8(2)20-13/h6H,5,7H2,1-4H3,(H,19,20,21,22). The largest absolute Gasteiger partial charge is 0.448 e. The molecule has 144 valence electrons. The van der Waals surface area contributed by atoms with Gasteiger partial charge in [0.2, 0.25) is 0 Å². The Labute approximate surface area is 159 Å². The first-order valence-corrected chi connectivity index (χ1v) is 8.57. The summed E-state index contributed by atoms with van der Waals surface area (Å²) in [6.07, 6.45) is 0.323. The molecule has 0 unspecified atom stereocenters. The molecule has 0 spiro atoms. The van der Waals surface area contributed by atoms with Gasteiger partial charge in [-0.05, 0) is 39.3 Å². The lowest BCUT2D eigenvalue weighted by atomic mass is 10.0. The predicted octanol–water partition coefficient (Wildman–Crippen LogP) is 3.28. The minimum Gasteiger partial charge on any atom is -0.448 e. The van der Waals surface area contributed by atoms with Gasteiger partial charge in [0, 0.05) is 5.56 Å². The third-order valence-corrected chi connectivity index (χ3v) is 4.51. The van der Waals surface area contributed by atoms with Crippen molar-refractivity contribution in [3.8, 4) is 0 Å². The van der Waals surface area contributed by atoms with Gasteiger partial charge in [-0.3, -0.25) is 4.79 Å². The van der Waals surface area contributed by atoms with Crippen molar-refractivity contribution < 1.29 is 18.7 Å². The van der Waals surface area contributed by atoms with Gasteiger partial charge in [-0.2, -0.15) is 4.68 Å². The zero-order chi connectivity index (χ0) is 19.9. The Hall–Kier alpha value is -2.75. The Bertz CT molecular complexity index is 929. The summed E-state index contributed by atoms with van der Waals surface area (Å²) < 4.78 is 20.2. The van der Waals surface area contributed by atoms with E-state index < -0.39 is 22.8 Å². The zero-order valence-corrected chi connectivity index (χ0v) is 16.0. The molecule has 0 aromatic carbocycles. The van der Waals surface area contributed by atoms with Crippen molar-refractivity contribution in [2.45, 2.75) is 39.8 Å². The van der Waals surface area contributed by atoms with Crippen LogP contribution < -0.4 is 5.32 Å². The molecule has 0 saturated carbocycles. The second-order valence-corrected chi connectivity index (χ2v) is 6.75. The van der Waals surface area contributed by atoms with Gasteiger partial charge < -0.3 is 15.0 Å². The van der Waals surface area contributed by atoms with Crippen molar-refractivity contribution >= 4 is 34.7 Å². The van der Waals surface area contributed by atoms with Crippen molar-refractivity contribution in [1.82, 2.24) is 24.6 Å². The maximum Gasteiger partial charge on any atom is 0.435 e. The molecule has 0 aliphatic carbocycles. The van der Waals surface area contributed by atoms with Crippen molar-refractivity contribution in [2.75, 3.05) is 11.9 Å². The van der Waals surface area contributed by atoms with E-state index in [4.69, 9.17) is 16.3 Å². The first-order valence-electron chi connectivity index (χ1n) is 8.19. The second kappa shape index (κ2) is 6.76. The maximum atomic E-state index is 14.1. The van der Waals surface area contributed by atoms with E-state index in [0.29, 0.717) is 17.1 Å². The fourth-order valence-electron chi connectivity index (χ4n) is 3.07. The monoisotopic (exact) mass is 396 g/mol. The van der Waals surface area contributed by atoms with Crippen molar-refractivity contribution in [2.24, 2.45) is 0 Å². The summed E-state index contributed by atoms with van der Waals surface area (Å²) in [4.78, 5) is 33.4. The third-order valence-electron chi connectivity index (χ3n) is 4.31. The van der Waals surface area contributed by atoms with Gasteiger partial charge in [0.25, 0.3) is 0 Å². The Morgan fingerprint density at radius 1 is 1.41 bits per heavy atom. The highest BCUT2D eigenvalue weighted by atomic mass is 35.5. The van der Waals surface area contributed by atoms with Crippen LogP contribution in [-0.2, 0) is 16.8 Å². The van der Waals surface area contributed by atoms with Gasteiger partial charge in [0.15, 0.2) is 17.5 Å². The molecule has 9 nitrogen and oxygen atoms in total. The molecule has 0 fully saturated rings. The molecular formula is C16H18ClFN6O3. The molecular weight excluding hydrogens is 379 g/mol. The molecule has 1 N–H and O–H groups in total. The van der Waals surface area contributed by atoms with E-state index in [-0.39, 0.29) is 24.8 Å². The smallest absolute Gasteiger partial charge is 0.435 e. The molecule has 2 aromatic heterocycles. The molecule has 0 bridgehead atoms. The van der Waals surface area contributed by atoms with Gasteiger partial charge in [-0.15, -0.1) is 5.10 Å². The summed E-state index contributed by atoms with van der Waals surface area (Å²) >= 11 is 5.71. The van der Waals surface area contributed by atoms with Gasteiger partial charge in [-0.1, -0.05) is 0 Å². The summed E-state index contributed by atoms with van der Waals surface area (Å²) in [6, 6.07) is 0. The lowest BCUT2D eigenvalue weighted by Crippen LogP contribution is -2.39. The van der Waals surface area contributed by atoms with Crippen LogP contribution in [0.3, 0.4) is 0 Å². The summed E-state index contributed by atoms with van der Waals surface area (Å²) in [5.41, 5.74) is 0.0370. The van der Waals surface area contributed by atoms with Crippen LogP contribution in [0.5, 0.6) is 0 Å². The van der Waals surface area contributed by atoms with E-state index in [0.717, 1.165) is 10.9 Å². The number of nitrogens with zero attached hydrogens (tertiary/aromatic N) is 5. The first kappa shape index (κ1) is 19.0. The first-order chi connectivity index (χ1) is 12.7. The fourth-order valence-corrected chi connectivity index (χ4v) is 3.34. The van der Waals surface area contributed by atoms with Crippen LogP contribution in [0.15, 0.2) is 6.20 Å². The van der Waals surface area contributed by atoms with E-state index in [1.54, 1.807) is 27.7 Å². The van der Waals surface area contributed by atoms with Crippen LogP contribution in [-0.4, -0.2) is 42.7 Å². The number of ether oxygens (including phenoxy) is 1. The number of carbonyl (C=O) groups excluding carboxylic acids is 2. The number of halogens is 2. The lowest BCUT2D eigenvalue weighted by Gasteiger charge is -2.30. The van der Waals surface area contributed by atoms with E-state index in [2.05, 4.69) is 20.4 Å². The van der Waals surface area contributed by atoms with Gasteiger partial charge in [-0.25, -0.2) is 19.2 Å². The molecule has 3 rings (SSSR count). The fraction of sp³-hybridized carbons (Fsp3) is 0.438. The lowest BCUT2D eigenvalue weighted by molar-refractivity contribution is 0.138. The van der Waals surface area contributed by atoms with Crippen molar-refractivity contribution in [3.05, 3.63) is 29.1 Å². The average molecular weight is 397 g/mol. The second-order valence-electron chi connectivity index (χ2n) is 6.42. The van der Waals surface area contributed by atoms with E-state index in [1.807, 2.05) is 0 Å². The SMILES string of the molecule is CCOC(=O)n1nc(Nc2nc(C)ncc2F)c2c1C(C)(C)N(C(=O)Cl)C2. The summed E-state index contributed by atoms with van der Waals surface area (Å²) in [6.45, 7) is 6.99. The minimum atomic E-state index is -0.923. The number of aromatic nitrogens is 4. The van der Waals surface area contributed by atoms with E-state index >= 15 is 0 Å². The molecule has 3 heterocycles. The highest BCUT2D eigenvalue weighted by Gasteiger charge is 2.46. The van der Waals surface area contributed by atoms with Crippen LogP contribution in [0.4, 0.5) is 25.6 Å². The average Bonchev–Trinajstić information content (AvgIpc) is 3.07. The predicted molar refractivity (Wildman–Crippen MR) is 94.5 cm³/mol. The summed E-state index contributed by atoms with van der Waals surface area (Å²) in [5.74, 6) is -0.225. The van der Waals surface area contributed by atoms with Gasteiger partial charge >= 0.3 is 11.5 Å². The molecule has 1 aliphatic heterocycles. The van der Waals surface area contributed by atoms with E-state index in [1.165, 1.54) is 4.90 Å². The number of fused-ring (bicyclic) bond motifs is 1. The zero-order valence-electron chi connectivity index (χ0n) is 15.2. The van der Waals surface area contributed by atoms with Gasteiger partial charge in [0.05, 0.1) is 30.6 Å². The molecule has 27 heavy (non-hydrogen) atoms. The molecule has 0 atom stereocenters. The van der Waals surface area contributed by atoms with Crippen LogP contribution in [0.2, 0.25) is 0 Å². The van der Waals surface area contributed by atoms with Crippen LogP contribution in [0.1, 0.15) is 37.9 Å². The highest BCUT2D eigenvalue weighted by molar-refractivity contribution is 6.62. The molecule has 0 radical (unpaired) electrons. The van der Waals surface area contributed by atoms with Gasteiger partial charge in [0.1, 0.15) is 5.82 Å². The van der Waals surface area contributed by atoms with Crippen molar-refractivity contribution in [3.63, 3.8) is 0 Å². The summed E-state index contributed by atoms with van der Waals surface area (Å²) in [5, 5.41) is 6.33. The topological polar surface area (TPSA) is 102 Å². The Morgan fingerprint density at radius 2 is 2.11 bits per heavy atom. The number of hydrogen-bond donors (Lipinski definition) is 1. The maximum absolute atomic E-state index is 14.1. The van der Waals surface area contributed by atoms with Crippen LogP contribution >= 0.6 is 11.6 Å². The van der Waals surface area contributed by atoms with E-state index in [9.17, 15) is 14.0 Å². The van der Waals surface area contributed by atoms with Crippen LogP contribution in [0.25, 0.3) is 0 Å². The van der Waals surface area contributed by atoms with Crippen LogP contribution in [0, 0.1) is 12.7 Å². The number of amides is 1. The van der Waals surface area contributed by atoms with Crippen molar-refractivity contribution in [1.29, 1.82) is 0 Å². The normalized spacial score (nSPS) is 14.8. The Morgan fingerprint density at radius 3 is 2.74 bits per heavy atom. The quantitative estimate of drug-likeness (QED) is 0.627.